The van der Waals surface area contributed by atoms with Crippen LogP contribution in [0.15, 0.2) is 18.2 Å². The molecule has 5 heteroatoms. The standard InChI is InChI=1S/C12H14ClN3O/c1-12(2,6-14)7-16-11(17)8-3-4-10(15)9(13)5-8/h3-5H,7,15H2,1-2H3,(H,16,17). The van der Waals surface area contributed by atoms with E-state index < -0.39 is 5.41 Å². The maximum Gasteiger partial charge on any atom is 0.251 e. The van der Waals surface area contributed by atoms with E-state index in [0.717, 1.165) is 0 Å². The van der Waals surface area contributed by atoms with Gasteiger partial charge in [-0.1, -0.05) is 11.6 Å². The number of nitrogens with one attached hydrogen (secondary N) is 1. The van der Waals surface area contributed by atoms with Crippen LogP contribution in [0.25, 0.3) is 0 Å². The summed E-state index contributed by atoms with van der Waals surface area (Å²) in [5.74, 6) is -0.268. The van der Waals surface area contributed by atoms with Crippen LogP contribution >= 0.6 is 11.6 Å². The summed E-state index contributed by atoms with van der Waals surface area (Å²) >= 11 is 5.82. The first-order valence-corrected chi connectivity index (χ1v) is 5.48. The van der Waals surface area contributed by atoms with Crippen LogP contribution in [0.5, 0.6) is 0 Å². The third-order valence-corrected chi connectivity index (χ3v) is 2.58. The Hall–Kier alpha value is -1.73. The summed E-state index contributed by atoms with van der Waals surface area (Å²) in [6.07, 6.45) is 0. The maximum atomic E-state index is 11.8. The molecule has 0 radical (unpaired) electrons. The van der Waals surface area contributed by atoms with Crippen molar-refractivity contribution < 1.29 is 4.79 Å². The number of carbonyl (C=O) groups is 1. The van der Waals surface area contributed by atoms with E-state index in [4.69, 9.17) is 22.6 Å². The van der Waals surface area contributed by atoms with Crippen LogP contribution < -0.4 is 11.1 Å². The number of amides is 1. The summed E-state index contributed by atoms with van der Waals surface area (Å²) in [6.45, 7) is 3.79. The number of nitrogens with two attached hydrogens (primary N) is 1. The minimum atomic E-state index is -0.590. The lowest BCUT2D eigenvalue weighted by Crippen LogP contribution is -2.33. The van der Waals surface area contributed by atoms with Gasteiger partial charge in [0.2, 0.25) is 0 Å². The Bertz CT molecular complexity index is 477. The van der Waals surface area contributed by atoms with Crippen molar-refractivity contribution in [3.8, 4) is 6.07 Å². The van der Waals surface area contributed by atoms with Gasteiger partial charge in [0, 0.05) is 12.1 Å². The zero-order valence-electron chi connectivity index (χ0n) is 9.75. The topological polar surface area (TPSA) is 78.9 Å². The number of nitriles is 1. The fraction of sp³-hybridized carbons (Fsp3) is 0.333. The summed E-state index contributed by atoms with van der Waals surface area (Å²) in [4.78, 5) is 11.8. The lowest BCUT2D eigenvalue weighted by atomic mass is 9.96. The van der Waals surface area contributed by atoms with Crippen LogP contribution in [0.3, 0.4) is 0 Å². The number of carbonyl (C=O) groups excluding carboxylic acids is 1. The van der Waals surface area contributed by atoms with E-state index in [1.54, 1.807) is 26.0 Å². The predicted molar refractivity (Wildman–Crippen MR) is 67.6 cm³/mol. The molecule has 1 rings (SSSR count). The number of nitrogen functional groups attached to an aromatic ring is 1. The van der Waals surface area contributed by atoms with Crippen LogP contribution in [0.1, 0.15) is 24.2 Å². The smallest absolute Gasteiger partial charge is 0.251 e. The Labute approximate surface area is 105 Å². The summed E-state index contributed by atoms with van der Waals surface area (Å²) < 4.78 is 0. The molecule has 0 atom stereocenters. The van der Waals surface area contributed by atoms with E-state index in [1.807, 2.05) is 0 Å². The number of rotatable bonds is 3. The molecule has 90 valence electrons. The highest BCUT2D eigenvalue weighted by Gasteiger charge is 2.18. The molecule has 0 heterocycles. The first-order chi connectivity index (χ1) is 7.85. The van der Waals surface area contributed by atoms with E-state index in [2.05, 4.69) is 11.4 Å². The molecule has 0 aliphatic carbocycles. The number of anilines is 1. The Morgan fingerprint density at radius 3 is 2.76 bits per heavy atom. The molecule has 0 spiro atoms. The molecule has 17 heavy (non-hydrogen) atoms. The van der Waals surface area contributed by atoms with E-state index in [-0.39, 0.29) is 12.5 Å². The van der Waals surface area contributed by atoms with Gasteiger partial charge in [0.1, 0.15) is 0 Å². The zero-order chi connectivity index (χ0) is 13.1. The molecule has 1 amide bonds. The van der Waals surface area contributed by atoms with Gasteiger partial charge in [0.05, 0.1) is 22.2 Å². The highest BCUT2D eigenvalue weighted by molar-refractivity contribution is 6.33. The van der Waals surface area contributed by atoms with Gasteiger partial charge in [-0.2, -0.15) is 5.26 Å². The average molecular weight is 252 g/mol. The molecule has 3 N–H and O–H groups in total. The van der Waals surface area contributed by atoms with Crippen molar-refractivity contribution in [2.45, 2.75) is 13.8 Å². The lowest BCUT2D eigenvalue weighted by molar-refractivity contribution is 0.0944. The first kappa shape index (κ1) is 13.3. The van der Waals surface area contributed by atoms with Crippen LogP contribution in [0.2, 0.25) is 5.02 Å². The average Bonchev–Trinajstić information content (AvgIpc) is 2.30. The molecule has 0 saturated heterocycles. The van der Waals surface area contributed by atoms with Gasteiger partial charge in [-0.3, -0.25) is 4.79 Å². The predicted octanol–water partition coefficient (Wildman–Crippen LogP) is 2.20. The van der Waals surface area contributed by atoms with Crippen molar-refractivity contribution in [3.05, 3.63) is 28.8 Å². The van der Waals surface area contributed by atoms with Gasteiger partial charge in [-0.25, -0.2) is 0 Å². The largest absolute Gasteiger partial charge is 0.398 e. The fourth-order valence-corrected chi connectivity index (χ4v) is 1.29. The minimum Gasteiger partial charge on any atom is -0.398 e. The number of halogens is 1. The first-order valence-electron chi connectivity index (χ1n) is 5.10. The van der Waals surface area contributed by atoms with Crippen LogP contribution in [0.4, 0.5) is 5.69 Å². The van der Waals surface area contributed by atoms with Gasteiger partial charge < -0.3 is 11.1 Å². The van der Waals surface area contributed by atoms with Crippen molar-refractivity contribution in [1.82, 2.24) is 5.32 Å². The normalized spacial score (nSPS) is 10.7. The van der Waals surface area contributed by atoms with Crippen LogP contribution in [-0.4, -0.2) is 12.5 Å². The Balaban J connectivity index is 2.72. The number of hydrogen-bond donors (Lipinski definition) is 2. The number of benzene rings is 1. The summed E-state index contributed by atoms with van der Waals surface area (Å²) in [7, 11) is 0. The molecule has 0 aromatic heterocycles. The quantitative estimate of drug-likeness (QED) is 0.809. The number of nitrogens with zero attached hydrogens (tertiary/aromatic N) is 1. The van der Waals surface area contributed by atoms with Crippen molar-refractivity contribution in [3.63, 3.8) is 0 Å². The molecule has 1 aromatic carbocycles. The Morgan fingerprint density at radius 2 is 2.24 bits per heavy atom. The third kappa shape index (κ3) is 3.65. The Morgan fingerprint density at radius 1 is 1.59 bits per heavy atom. The molecule has 4 nitrogen and oxygen atoms in total. The minimum absolute atomic E-state index is 0.268. The molecular weight excluding hydrogens is 238 g/mol. The fourth-order valence-electron chi connectivity index (χ4n) is 1.11. The van der Waals surface area contributed by atoms with Crippen LogP contribution in [-0.2, 0) is 0 Å². The number of hydrogen-bond acceptors (Lipinski definition) is 3. The van der Waals surface area contributed by atoms with Crippen molar-refractivity contribution in [1.29, 1.82) is 5.26 Å². The summed E-state index contributed by atoms with van der Waals surface area (Å²) in [6, 6.07) is 6.78. The second-order valence-corrected chi connectivity index (χ2v) is 4.82. The highest BCUT2D eigenvalue weighted by atomic mass is 35.5. The second kappa shape index (κ2) is 5.07. The van der Waals surface area contributed by atoms with Gasteiger partial charge in [0.25, 0.3) is 5.91 Å². The van der Waals surface area contributed by atoms with Crippen molar-refractivity contribution in [2.24, 2.45) is 5.41 Å². The monoisotopic (exact) mass is 251 g/mol. The van der Waals surface area contributed by atoms with Gasteiger partial charge >= 0.3 is 0 Å². The van der Waals surface area contributed by atoms with Gasteiger partial charge in [-0.05, 0) is 32.0 Å². The summed E-state index contributed by atoms with van der Waals surface area (Å²) in [5, 5.41) is 11.8. The molecule has 0 saturated carbocycles. The highest BCUT2D eigenvalue weighted by Crippen LogP contribution is 2.19. The molecule has 0 fully saturated rings. The lowest BCUT2D eigenvalue weighted by Gasteiger charge is -2.15. The molecule has 0 aliphatic heterocycles. The van der Waals surface area contributed by atoms with Crippen LogP contribution in [0, 0.1) is 16.7 Å². The molecule has 0 bridgehead atoms. The van der Waals surface area contributed by atoms with Gasteiger partial charge in [-0.15, -0.1) is 0 Å². The Kier molecular flexibility index (Phi) is 3.97. The van der Waals surface area contributed by atoms with Gasteiger partial charge in [0.15, 0.2) is 0 Å². The zero-order valence-corrected chi connectivity index (χ0v) is 10.5. The molecule has 0 unspecified atom stereocenters. The summed E-state index contributed by atoms with van der Waals surface area (Å²) in [5.41, 5.74) is 5.82. The molecule has 1 aromatic rings. The molecule has 0 aliphatic rings. The van der Waals surface area contributed by atoms with E-state index >= 15 is 0 Å². The van der Waals surface area contributed by atoms with Crippen molar-refractivity contribution >= 4 is 23.2 Å². The molecular formula is C12H14ClN3O. The van der Waals surface area contributed by atoms with E-state index in [0.29, 0.717) is 16.3 Å². The van der Waals surface area contributed by atoms with Crippen molar-refractivity contribution in [2.75, 3.05) is 12.3 Å². The van der Waals surface area contributed by atoms with E-state index in [1.165, 1.54) is 6.07 Å². The second-order valence-electron chi connectivity index (χ2n) is 4.41. The third-order valence-electron chi connectivity index (χ3n) is 2.26. The SMILES string of the molecule is CC(C)(C#N)CNC(=O)c1ccc(N)c(Cl)c1. The maximum absolute atomic E-state index is 11.8. The van der Waals surface area contributed by atoms with E-state index in [9.17, 15) is 4.79 Å².